The number of hydrogen-bond acceptors (Lipinski definition) is 4. The quantitative estimate of drug-likeness (QED) is 0.751. The molecule has 0 spiro atoms. The zero-order valence-corrected chi connectivity index (χ0v) is 15.2. The number of amides is 1. The number of benzene rings is 1. The summed E-state index contributed by atoms with van der Waals surface area (Å²) < 4.78 is 0. The molecule has 0 unspecified atom stereocenters. The minimum Gasteiger partial charge on any atom is -0.385 e. The van der Waals surface area contributed by atoms with Crippen molar-refractivity contribution in [1.82, 2.24) is 20.1 Å². The maximum absolute atomic E-state index is 12.8. The topological polar surface area (TPSA) is 82.1 Å². The first-order chi connectivity index (χ1) is 13.0. The van der Waals surface area contributed by atoms with Crippen LogP contribution in [0.5, 0.6) is 0 Å². The number of piperidine rings is 1. The number of nitrogens with zero attached hydrogens (tertiary/aromatic N) is 3. The van der Waals surface area contributed by atoms with Crippen molar-refractivity contribution in [2.24, 2.45) is 0 Å². The summed E-state index contributed by atoms with van der Waals surface area (Å²) in [4.78, 5) is 18.8. The zero-order valence-electron chi connectivity index (χ0n) is 15.2. The SMILES string of the molecule is Cc1cccc(C2(O)CCN(C(=O)c3cc(-c4ccccn4)n[nH]3)CC2)c1. The van der Waals surface area contributed by atoms with E-state index in [1.807, 2.05) is 49.4 Å². The van der Waals surface area contributed by atoms with Crippen LogP contribution >= 0.6 is 0 Å². The smallest absolute Gasteiger partial charge is 0.271 e. The van der Waals surface area contributed by atoms with Gasteiger partial charge in [-0.2, -0.15) is 5.10 Å². The largest absolute Gasteiger partial charge is 0.385 e. The number of carbonyl (C=O) groups is 1. The van der Waals surface area contributed by atoms with Gasteiger partial charge in [-0.3, -0.25) is 14.9 Å². The normalized spacial score (nSPS) is 16.3. The van der Waals surface area contributed by atoms with Gasteiger partial charge in [0.15, 0.2) is 0 Å². The van der Waals surface area contributed by atoms with Gasteiger partial charge < -0.3 is 10.0 Å². The molecule has 1 aliphatic heterocycles. The monoisotopic (exact) mass is 362 g/mol. The first kappa shape index (κ1) is 17.4. The summed E-state index contributed by atoms with van der Waals surface area (Å²) in [6.07, 6.45) is 2.73. The van der Waals surface area contributed by atoms with E-state index in [0.717, 1.165) is 16.8 Å². The Morgan fingerprint density at radius 1 is 1.11 bits per heavy atom. The van der Waals surface area contributed by atoms with Gasteiger partial charge >= 0.3 is 0 Å². The predicted molar refractivity (Wildman–Crippen MR) is 102 cm³/mol. The summed E-state index contributed by atoms with van der Waals surface area (Å²) in [6.45, 7) is 3.02. The minimum absolute atomic E-state index is 0.101. The fraction of sp³-hybridized carbons (Fsp3) is 0.286. The highest BCUT2D eigenvalue weighted by Gasteiger charge is 2.36. The van der Waals surface area contributed by atoms with Crippen LogP contribution in [0.2, 0.25) is 0 Å². The number of rotatable bonds is 3. The number of aryl methyl sites for hydroxylation is 1. The molecule has 1 amide bonds. The van der Waals surface area contributed by atoms with E-state index in [0.29, 0.717) is 37.3 Å². The lowest BCUT2D eigenvalue weighted by Gasteiger charge is -2.38. The maximum Gasteiger partial charge on any atom is 0.271 e. The van der Waals surface area contributed by atoms with Gasteiger partial charge in [0.05, 0.1) is 11.3 Å². The Bertz CT molecular complexity index is 944. The molecular weight excluding hydrogens is 340 g/mol. The van der Waals surface area contributed by atoms with Gasteiger partial charge in [0.25, 0.3) is 5.91 Å². The molecule has 1 fully saturated rings. The predicted octanol–water partition coefficient (Wildman–Crippen LogP) is 2.90. The molecule has 2 aromatic heterocycles. The molecule has 2 N–H and O–H groups in total. The standard InChI is InChI=1S/C21H22N4O2/c1-15-5-4-6-16(13-15)21(27)8-11-25(12-9-21)20(26)19-14-18(23-24-19)17-7-2-3-10-22-17/h2-7,10,13-14,27H,8-9,11-12H2,1H3,(H,23,24). The number of aliphatic hydroxyl groups is 1. The Hall–Kier alpha value is -2.99. The van der Waals surface area contributed by atoms with Crippen LogP contribution in [0.3, 0.4) is 0 Å². The maximum atomic E-state index is 12.8. The van der Waals surface area contributed by atoms with Gasteiger partial charge in [0, 0.05) is 19.3 Å². The molecule has 4 rings (SSSR count). The van der Waals surface area contributed by atoms with Crippen molar-refractivity contribution >= 4 is 5.91 Å². The highest BCUT2D eigenvalue weighted by atomic mass is 16.3. The summed E-state index contributed by atoms with van der Waals surface area (Å²) in [6, 6.07) is 15.3. The number of carbonyl (C=O) groups excluding carboxylic acids is 1. The van der Waals surface area contributed by atoms with Crippen LogP contribution in [0.15, 0.2) is 54.7 Å². The highest BCUT2D eigenvalue weighted by Crippen LogP contribution is 2.33. The van der Waals surface area contributed by atoms with E-state index in [-0.39, 0.29) is 5.91 Å². The van der Waals surface area contributed by atoms with Crippen molar-refractivity contribution in [3.63, 3.8) is 0 Å². The number of nitrogens with one attached hydrogen (secondary N) is 1. The minimum atomic E-state index is -0.879. The summed E-state index contributed by atoms with van der Waals surface area (Å²) in [5.74, 6) is -0.101. The third-order valence-electron chi connectivity index (χ3n) is 5.17. The van der Waals surface area contributed by atoms with Gasteiger partial charge in [-0.1, -0.05) is 35.9 Å². The van der Waals surface area contributed by atoms with Crippen LogP contribution in [0.4, 0.5) is 0 Å². The molecule has 0 radical (unpaired) electrons. The molecule has 27 heavy (non-hydrogen) atoms. The second-order valence-corrected chi connectivity index (χ2v) is 7.08. The highest BCUT2D eigenvalue weighted by molar-refractivity contribution is 5.93. The third-order valence-corrected chi connectivity index (χ3v) is 5.17. The van der Waals surface area contributed by atoms with Crippen molar-refractivity contribution in [3.05, 3.63) is 71.5 Å². The lowest BCUT2D eigenvalue weighted by Crippen LogP contribution is -2.45. The van der Waals surface area contributed by atoms with Crippen molar-refractivity contribution in [2.75, 3.05) is 13.1 Å². The molecule has 0 saturated carbocycles. The van der Waals surface area contributed by atoms with E-state index in [4.69, 9.17) is 0 Å². The van der Waals surface area contributed by atoms with Crippen LogP contribution < -0.4 is 0 Å². The van der Waals surface area contributed by atoms with Crippen molar-refractivity contribution < 1.29 is 9.90 Å². The number of hydrogen-bond donors (Lipinski definition) is 2. The summed E-state index contributed by atoms with van der Waals surface area (Å²) in [5, 5.41) is 18.0. The number of aromatic nitrogens is 3. The van der Waals surface area contributed by atoms with Crippen LogP contribution in [-0.2, 0) is 5.60 Å². The fourth-order valence-corrected chi connectivity index (χ4v) is 3.55. The molecule has 3 heterocycles. The Labute approximate surface area is 157 Å². The zero-order chi connectivity index (χ0) is 18.9. The molecule has 0 atom stereocenters. The third kappa shape index (κ3) is 3.48. The Kier molecular flexibility index (Phi) is 4.49. The molecule has 1 aliphatic rings. The molecule has 0 bridgehead atoms. The van der Waals surface area contributed by atoms with Crippen LogP contribution in [0.1, 0.15) is 34.5 Å². The Morgan fingerprint density at radius 3 is 2.63 bits per heavy atom. The van der Waals surface area contributed by atoms with E-state index < -0.39 is 5.60 Å². The van der Waals surface area contributed by atoms with Gasteiger partial charge in [-0.25, -0.2) is 0 Å². The van der Waals surface area contributed by atoms with Gasteiger partial charge in [-0.05, 0) is 43.5 Å². The lowest BCUT2D eigenvalue weighted by molar-refractivity contribution is -0.0213. The molecule has 3 aromatic rings. The second kappa shape index (κ2) is 6.96. The van der Waals surface area contributed by atoms with Gasteiger partial charge in [0.1, 0.15) is 11.4 Å². The molecule has 1 saturated heterocycles. The fourth-order valence-electron chi connectivity index (χ4n) is 3.55. The van der Waals surface area contributed by atoms with Gasteiger partial charge in [0.2, 0.25) is 0 Å². The van der Waals surface area contributed by atoms with Gasteiger partial charge in [-0.15, -0.1) is 0 Å². The van der Waals surface area contributed by atoms with Crippen molar-refractivity contribution in [2.45, 2.75) is 25.4 Å². The Morgan fingerprint density at radius 2 is 1.93 bits per heavy atom. The van der Waals surface area contributed by atoms with Crippen LogP contribution in [0.25, 0.3) is 11.4 Å². The lowest BCUT2D eigenvalue weighted by atomic mass is 9.84. The second-order valence-electron chi connectivity index (χ2n) is 7.08. The number of pyridine rings is 1. The van der Waals surface area contributed by atoms with Crippen molar-refractivity contribution in [3.8, 4) is 11.4 Å². The van der Waals surface area contributed by atoms with E-state index in [1.165, 1.54) is 0 Å². The molecule has 138 valence electrons. The van der Waals surface area contributed by atoms with E-state index in [2.05, 4.69) is 15.2 Å². The first-order valence-corrected chi connectivity index (χ1v) is 9.11. The molecule has 6 heteroatoms. The molecule has 1 aromatic carbocycles. The van der Waals surface area contributed by atoms with Crippen LogP contribution in [0, 0.1) is 6.92 Å². The number of H-pyrrole nitrogens is 1. The van der Waals surface area contributed by atoms with E-state index in [1.54, 1.807) is 17.2 Å². The van der Waals surface area contributed by atoms with E-state index >= 15 is 0 Å². The summed E-state index contributed by atoms with van der Waals surface area (Å²) in [7, 11) is 0. The number of aromatic amines is 1. The number of likely N-dealkylation sites (tertiary alicyclic amines) is 1. The van der Waals surface area contributed by atoms with E-state index in [9.17, 15) is 9.90 Å². The Balaban J connectivity index is 1.45. The summed E-state index contributed by atoms with van der Waals surface area (Å²) in [5.41, 5.74) is 2.98. The first-order valence-electron chi connectivity index (χ1n) is 9.11. The van der Waals surface area contributed by atoms with Crippen molar-refractivity contribution in [1.29, 1.82) is 0 Å². The molecule has 6 nitrogen and oxygen atoms in total. The summed E-state index contributed by atoms with van der Waals surface area (Å²) >= 11 is 0. The average Bonchev–Trinajstić information content (AvgIpc) is 3.19. The average molecular weight is 362 g/mol. The molecular formula is C21H22N4O2. The van der Waals surface area contributed by atoms with Crippen LogP contribution in [-0.4, -0.2) is 44.2 Å². The molecule has 0 aliphatic carbocycles.